The van der Waals surface area contributed by atoms with Crippen LogP contribution in [0.4, 0.5) is 0 Å². The summed E-state index contributed by atoms with van der Waals surface area (Å²) in [6.45, 7) is 2.00. The van der Waals surface area contributed by atoms with Gasteiger partial charge < -0.3 is 14.3 Å². The number of aromatic nitrogens is 2. The molecule has 1 amide bonds. The quantitative estimate of drug-likeness (QED) is 0.574. The van der Waals surface area contributed by atoms with Crippen LogP contribution in [-0.2, 0) is 23.1 Å². The highest BCUT2D eigenvalue weighted by Gasteiger charge is 2.34. The smallest absolute Gasteiger partial charge is 0.309 e. The summed E-state index contributed by atoms with van der Waals surface area (Å²) < 4.78 is 33.4. The molecule has 0 bridgehead atoms. The van der Waals surface area contributed by atoms with E-state index in [4.69, 9.17) is 10.8 Å². The molecule has 33 heavy (non-hydrogen) atoms. The van der Waals surface area contributed by atoms with Crippen molar-refractivity contribution in [1.29, 1.82) is 0 Å². The Labute approximate surface area is 191 Å². The van der Waals surface area contributed by atoms with Crippen LogP contribution >= 0.6 is 0 Å². The lowest BCUT2D eigenvalue weighted by atomic mass is 10.2. The zero-order valence-electron chi connectivity index (χ0n) is 18.4. The molecule has 2 aromatic heterocycles. The van der Waals surface area contributed by atoms with E-state index in [2.05, 4.69) is 15.9 Å². The number of piperazine rings is 1. The number of amides is 1. The second-order valence-electron chi connectivity index (χ2n) is 8.30. The molecule has 2 aliphatic heterocycles. The monoisotopic (exact) mass is 468 g/mol. The normalized spacial score (nSPS) is 18.4. The highest BCUT2D eigenvalue weighted by Crippen LogP contribution is 2.25. The standard InChI is InChI=1S/C22H24N6O4S/c1-4-15-5-6-17-16(11-15)12-20(23-17)33(30,31)28-9-7-27(8-10-28)22(29)21-24-18-13-25(2)26(3)14-19(18)32-21/h1,5-6,11-12,23H,7-10,13-14H2,2-3H3. The highest BCUT2D eigenvalue weighted by molar-refractivity contribution is 7.89. The maximum Gasteiger partial charge on any atom is 0.309 e. The molecular formula is C22H24N6O4S. The predicted molar refractivity (Wildman–Crippen MR) is 120 cm³/mol. The number of sulfonamides is 1. The van der Waals surface area contributed by atoms with Crippen molar-refractivity contribution in [2.45, 2.75) is 18.1 Å². The molecule has 2 aliphatic rings. The third kappa shape index (κ3) is 3.81. The van der Waals surface area contributed by atoms with Gasteiger partial charge in [-0.05, 0) is 24.3 Å². The van der Waals surface area contributed by atoms with Crippen molar-refractivity contribution in [2.75, 3.05) is 40.3 Å². The molecule has 1 N–H and O–H groups in total. The number of benzene rings is 1. The summed E-state index contributed by atoms with van der Waals surface area (Å²) in [5.74, 6) is 2.97. The van der Waals surface area contributed by atoms with E-state index in [0.717, 1.165) is 11.1 Å². The number of nitrogens with zero attached hydrogens (tertiary/aromatic N) is 5. The second kappa shape index (κ2) is 8.00. The van der Waals surface area contributed by atoms with E-state index in [1.807, 2.05) is 24.1 Å². The van der Waals surface area contributed by atoms with Gasteiger partial charge in [-0.2, -0.15) is 4.31 Å². The van der Waals surface area contributed by atoms with Crippen molar-refractivity contribution in [2.24, 2.45) is 0 Å². The van der Waals surface area contributed by atoms with Gasteiger partial charge in [0, 0.05) is 56.7 Å². The predicted octanol–water partition coefficient (Wildman–Crippen LogP) is 1.08. The Balaban J connectivity index is 1.28. The molecule has 0 radical (unpaired) electrons. The molecule has 11 heteroatoms. The van der Waals surface area contributed by atoms with Crippen molar-refractivity contribution in [1.82, 2.24) is 29.2 Å². The third-order valence-electron chi connectivity index (χ3n) is 6.20. The second-order valence-corrected chi connectivity index (χ2v) is 10.2. The van der Waals surface area contributed by atoms with Gasteiger partial charge in [-0.3, -0.25) is 4.79 Å². The van der Waals surface area contributed by atoms with Crippen LogP contribution in [-0.4, -0.2) is 83.8 Å². The van der Waals surface area contributed by atoms with Crippen molar-refractivity contribution < 1.29 is 17.6 Å². The van der Waals surface area contributed by atoms with Gasteiger partial charge in [0.1, 0.15) is 10.8 Å². The number of hydrogen-bond acceptors (Lipinski definition) is 7. The van der Waals surface area contributed by atoms with Gasteiger partial charge in [-0.15, -0.1) is 6.42 Å². The Hall–Kier alpha value is -3.17. The number of hydrazine groups is 1. The Morgan fingerprint density at radius 1 is 1.12 bits per heavy atom. The van der Waals surface area contributed by atoms with E-state index in [-0.39, 0.29) is 43.0 Å². The molecule has 0 spiro atoms. The number of oxazole rings is 1. The summed E-state index contributed by atoms with van der Waals surface area (Å²) in [5.41, 5.74) is 2.14. The van der Waals surface area contributed by atoms with Crippen LogP contribution in [0.25, 0.3) is 10.9 Å². The maximum atomic E-state index is 13.2. The first kappa shape index (κ1) is 21.7. The molecule has 0 unspecified atom stereocenters. The molecule has 5 rings (SSSR count). The lowest BCUT2D eigenvalue weighted by Gasteiger charge is -2.33. The fourth-order valence-electron chi connectivity index (χ4n) is 4.13. The Bertz CT molecular complexity index is 1350. The van der Waals surface area contributed by atoms with Crippen LogP contribution in [0.2, 0.25) is 0 Å². The van der Waals surface area contributed by atoms with E-state index in [1.54, 1.807) is 29.2 Å². The Kier molecular flexibility index (Phi) is 5.25. The zero-order valence-corrected chi connectivity index (χ0v) is 19.2. The fraction of sp³-hybridized carbons (Fsp3) is 0.364. The molecule has 0 atom stereocenters. The van der Waals surface area contributed by atoms with E-state index in [9.17, 15) is 13.2 Å². The van der Waals surface area contributed by atoms with Crippen molar-refractivity contribution in [3.05, 3.63) is 47.2 Å². The van der Waals surface area contributed by atoms with E-state index < -0.39 is 10.0 Å². The van der Waals surface area contributed by atoms with E-state index >= 15 is 0 Å². The lowest BCUT2D eigenvalue weighted by Crippen LogP contribution is -2.50. The number of H-pyrrole nitrogens is 1. The number of terminal acetylenes is 1. The average molecular weight is 469 g/mol. The molecular weight excluding hydrogens is 444 g/mol. The van der Waals surface area contributed by atoms with Crippen molar-refractivity contribution in [3.8, 4) is 12.3 Å². The summed E-state index contributed by atoms with van der Waals surface area (Å²) in [4.78, 5) is 21.9. The van der Waals surface area contributed by atoms with Gasteiger partial charge in [-0.1, -0.05) is 5.92 Å². The van der Waals surface area contributed by atoms with E-state index in [1.165, 1.54) is 4.31 Å². The number of rotatable bonds is 3. The Morgan fingerprint density at radius 2 is 1.85 bits per heavy atom. The average Bonchev–Trinajstić information content (AvgIpc) is 3.43. The van der Waals surface area contributed by atoms with Gasteiger partial charge in [0.25, 0.3) is 15.9 Å². The molecule has 0 aliphatic carbocycles. The number of carbonyl (C=O) groups excluding carboxylic acids is 1. The molecule has 4 heterocycles. The van der Waals surface area contributed by atoms with Gasteiger partial charge in [-0.25, -0.2) is 23.4 Å². The van der Waals surface area contributed by atoms with Crippen LogP contribution in [0.1, 0.15) is 27.7 Å². The highest BCUT2D eigenvalue weighted by atomic mass is 32.2. The molecule has 1 saturated heterocycles. The van der Waals surface area contributed by atoms with Gasteiger partial charge in [0.05, 0.1) is 18.8 Å². The molecule has 0 saturated carbocycles. The number of nitrogens with one attached hydrogen (secondary N) is 1. The number of hydrogen-bond donors (Lipinski definition) is 1. The zero-order chi connectivity index (χ0) is 23.3. The minimum absolute atomic E-state index is 0.0555. The number of fused-ring (bicyclic) bond motifs is 2. The topological polar surface area (TPSA) is 106 Å². The van der Waals surface area contributed by atoms with Crippen molar-refractivity contribution in [3.63, 3.8) is 0 Å². The third-order valence-corrected chi connectivity index (χ3v) is 8.02. The molecule has 3 aromatic rings. The van der Waals surface area contributed by atoms with Gasteiger partial charge >= 0.3 is 5.91 Å². The molecule has 1 aromatic carbocycles. The van der Waals surface area contributed by atoms with Gasteiger partial charge in [0.15, 0.2) is 0 Å². The summed E-state index contributed by atoms with van der Waals surface area (Å²) in [6, 6.07) is 6.89. The van der Waals surface area contributed by atoms with Crippen LogP contribution in [0.15, 0.2) is 33.7 Å². The van der Waals surface area contributed by atoms with Crippen molar-refractivity contribution >= 4 is 26.8 Å². The molecule has 172 valence electrons. The van der Waals surface area contributed by atoms with Crippen LogP contribution < -0.4 is 0 Å². The van der Waals surface area contributed by atoms with Crippen LogP contribution in [0.5, 0.6) is 0 Å². The minimum atomic E-state index is -3.73. The molecule has 1 fully saturated rings. The summed E-state index contributed by atoms with van der Waals surface area (Å²) in [7, 11) is 0.149. The van der Waals surface area contributed by atoms with E-state index in [0.29, 0.717) is 29.9 Å². The first-order valence-corrected chi connectivity index (χ1v) is 12.0. The maximum absolute atomic E-state index is 13.2. The minimum Gasteiger partial charge on any atom is -0.436 e. The fourth-order valence-corrected chi connectivity index (χ4v) is 5.57. The first-order valence-electron chi connectivity index (χ1n) is 10.6. The van der Waals surface area contributed by atoms with Crippen LogP contribution in [0.3, 0.4) is 0 Å². The lowest BCUT2D eigenvalue weighted by molar-refractivity contribution is -0.0103. The Morgan fingerprint density at radius 3 is 2.58 bits per heavy atom. The van der Waals surface area contributed by atoms with Crippen LogP contribution in [0, 0.1) is 12.3 Å². The summed E-state index contributed by atoms with van der Waals surface area (Å²) >= 11 is 0. The largest absolute Gasteiger partial charge is 0.436 e. The number of carbonyl (C=O) groups is 1. The summed E-state index contributed by atoms with van der Waals surface area (Å²) in [5, 5.41) is 4.84. The number of aromatic amines is 1. The first-order chi connectivity index (χ1) is 15.8. The SMILES string of the molecule is C#Cc1ccc2[nH]c(S(=O)(=O)N3CCN(C(=O)c4nc5c(o4)CN(C)N(C)C5)CC3)cc2c1. The van der Waals surface area contributed by atoms with Gasteiger partial charge in [0.2, 0.25) is 0 Å². The summed E-state index contributed by atoms with van der Waals surface area (Å²) in [6.07, 6.45) is 5.44. The molecule has 10 nitrogen and oxygen atoms in total.